The van der Waals surface area contributed by atoms with Crippen LogP contribution in [0.5, 0.6) is 0 Å². The SMILES string of the molecule is CN=C(NCCCn1nc(C)cc1C)NCC(C)CN1CCCC1.I. The molecule has 1 aromatic heterocycles. The minimum absolute atomic E-state index is 0. The maximum Gasteiger partial charge on any atom is 0.190 e. The van der Waals surface area contributed by atoms with Crippen molar-refractivity contribution in [1.82, 2.24) is 25.3 Å². The Morgan fingerprint density at radius 2 is 2.00 bits per heavy atom. The summed E-state index contributed by atoms with van der Waals surface area (Å²) in [5.74, 6) is 1.54. The van der Waals surface area contributed by atoms with E-state index in [9.17, 15) is 0 Å². The van der Waals surface area contributed by atoms with Crippen LogP contribution in [-0.4, -0.2) is 60.4 Å². The number of nitrogens with zero attached hydrogens (tertiary/aromatic N) is 4. The fourth-order valence-electron chi connectivity index (χ4n) is 3.30. The molecule has 25 heavy (non-hydrogen) atoms. The van der Waals surface area contributed by atoms with E-state index in [0.717, 1.165) is 37.7 Å². The lowest BCUT2D eigenvalue weighted by Gasteiger charge is -2.21. The number of hydrogen-bond acceptors (Lipinski definition) is 3. The second kappa shape index (κ2) is 11.7. The highest BCUT2D eigenvalue weighted by atomic mass is 127. The van der Waals surface area contributed by atoms with Gasteiger partial charge in [0, 0.05) is 38.9 Å². The number of likely N-dealkylation sites (tertiary alicyclic amines) is 1. The molecule has 0 bridgehead atoms. The van der Waals surface area contributed by atoms with Crippen LogP contribution in [0.4, 0.5) is 0 Å². The number of hydrogen-bond donors (Lipinski definition) is 2. The molecular formula is C18H35IN6. The molecule has 144 valence electrons. The number of rotatable bonds is 8. The summed E-state index contributed by atoms with van der Waals surface area (Å²) in [5.41, 5.74) is 2.32. The van der Waals surface area contributed by atoms with Crippen molar-refractivity contribution in [3.8, 4) is 0 Å². The predicted molar refractivity (Wildman–Crippen MR) is 116 cm³/mol. The van der Waals surface area contributed by atoms with Gasteiger partial charge in [-0.2, -0.15) is 5.10 Å². The zero-order valence-corrected chi connectivity index (χ0v) is 18.5. The lowest BCUT2D eigenvalue weighted by atomic mass is 10.1. The van der Waals surface area contributed by atoms with Crippen LogP contribution in [0.1, 0.15) is 37.6 Å². The van der Waals surface area contributed by atoms with Gasteiger partial charge in [0.25, 0.3) is 0 Å². The van der Waals surface area contributed by atoms with Crippen LogP contribution in [0.2, 0.25) is 0 Å². The highest BCUT2D eigenvalue weighted by molar-refractivity contribution is 14.0. The highest BCUT2D eigenvalue weighted by Gasteiger charge is 2.14. The first kappa shape index (κ1) is 22.2. The van der Waals surface area contributed by atoms with Gasteiger partial charge in [0.05, 0.1) is 5.69 Å². The van der Waals surface area contributed by atoms with E-state index in [4.69, 9.17) is 0 Å². The molecule has 0 aliphatic carbocycles. The van der Waals surface area contributed by atoms with Crippen LogP contribution >= 0.6 is 24.0 Å². The van der Waals surface area contributed by atoms with Crippen molar-refractivity contribution in [3.63, 3.8) is 0 Å². The van der Waals surface area contributed by atoms with Gasteiger partial charge in [0.1, 0.15) is 0 Å². The number of halogens is 1. The zero-order valence-electron chi connectivity index (χ0n) is 16.2. The Balaban J connectivity index is 0.00000312. The van der Waals surface area contributed by atoms with E-state index in [1.807, 2.05) is 14.0 Å². The first-order chi connectivity index (χ1) is 11.6. The van der Waals surface area contributed by atoms with Crippen LogP contribution in [0, 0.1) is 19.8 Å². The average Bonchev–Trinajstić information content (AvgIpc) is 3.16. The molecule has 0 saturated carbocycles. The second-order valence-corrected chi connectivity index (χ2v) is 7.00. The molecule has 7 heteroatoms. The molecule has 0 radical (unpaired) electrons. The third-order valence-electron chi connectivity index (χ3n) is 4.55. The number of aliphatic imine (C=N–C) groups is 1. The van der Waals surface area contributed by atoms with E-state index >= 15 is 0 Å². The summed E-state index contributed by atoms with van der Waals surface area (Å²) >= 11 is 0. The van der Waals surface area contributed by atoms with E-state index < -0.39 is 0 Å². The summed E-state index contributed by atoms with van der Waals surface area (Å²) in [5, 5.41) is 11.3. The fraction of sp³-hybridized carbons (Fsp3) is 0.778. The third kappa shape index (κ3) is 7.94. The number of nitrogens with one attached hydrogen (secondary N) is 2. The quantitative estimate of drug-likeness (QED) is 0.270. The summed E-state index contributed by atoms with van der Waals surface area (Å²) in [6.07, 6.45) is 3.75. The van der Waals surface area contributed by atoms with Crippen molar-refractivity contribution < 1.29 is 0 Å². The minimum atomic E-state index is 0. The maximum atomic E-state index is 4.49. The molecular weight excluding hydrogens is 427 g/mol. The Bertz CT molecular complexity index is 522. The summed E-state index contributed by atoms with van der Waals surface area (Å²) in [6.45, 7) is 13.0. The molecule has 1 aromatic rings. The van der Waals surface area contributed by atoms with Crippen molar-refractivity contribution in [1.29, 1.82) is 0 Å². The van der Waals surface area contributed by atoms with Crippen molar-refractivity contribution >= 4 is 29.9 Å². The fourth-order valence-corrected chi connectivity index (χ4v) is 3.30. The minimum Gasteiger partial charge on any atom is -0.356 e. The molecule has 1 aliphatic heterocycles. The Labute approximate surface area is 169 Å². The Morgan fingerprint density at radius 1 is 1.28 bits per heavy atom. The monoisotopic (exact) mass is 462 g/mol. The summed E-state index contributed by atoms with van der Waals surface area (Å²) in [6, 6.07) is 2.12. The number of aromatic nitrogens is 2. The van der Waals surface area contributed by atoms with Gasteiger partial charge in [-0.25, -0.2) is 0 Å². The largest absolute Gasteiger partial charge is 0.356 e. The molecule has 2 heterocycles. The summed E-state index contributed by atoms with van der Waals surface area (Å²) in [7, 11) is 1.83. The molecule has 1 atom stereocenters. The van der Waals surface area contributed by atoms with E-state index in [2.05, 4.69) is 50.2 Å². The maximum absolute atomic E-state index is 4.49. The van der Waals surface area contributed by atoms with Gasteiger partial charge in [-0.1, -0.05) is 6.92 Å². The second-order valence-electron chi connectivity index (χ2n) is 7.00. The van der Waals surface area contributed by atoms with Gasteiger partial charge in [-0.05, 0) is 58.2 Å². The van der Waals surface area contributed by atoms with Crippen LogP contribution in [-0.2, 0) is 6.54 Å². The lowest BCUT2D eigenvalue weighted by Crippen LogP contribution is -2.41. The number of aryl methyl sites for hydroxylation is 3. The topological polar surface area (TPSA) is 57.5 Å². The zero-order chi connectivity index (χ0) is 17.4. The normalized spacial score (nSPS) is 16.6. The predicted octanol–water partition coefficient (Wildman–Crippen LogP) is 2.40. The Hall–Kier alpha value is -0.830. The molecule has 2 rings (SSSR count). The molecule has 0 spiro atoms. The third-order valence-corrected chi connectivity index (χ3v) is 4.55. The lowest BCUT2D eigenvalue weighted by molar-refractivity contribution is 0.287. The van der Waals surface area contributed by atoms with Crippen molar-refractivity contribution in [3.05, 3.63) is 17.5 Å². The average molecular weight is 462 g/mol. The summed E-state index contributed by atoms with van der Waals surface area (Å²) in [4.78, 5) is 6.88. The highest BCUT2D eigenvalue weighted by Crippen LogP contribution is 2.09. The molecule has 1 saturated heterocycles. The number of guanidine groups is 1. The molecule has 1 aliphatic rings. The molecule has 1 unspecified atom stereocenters. The van der Waals surface area contributed by atoms with Crippen molar-refractivity contribution in [2.45, 2.75) is 46.6 Å². The Morgan fingerprint density at radius 3 is 2.60 bits per heavy atom. The Kier molecular flexibility index (Phi) is 10.4. The molecule has 6 nitrogen and oxygen atoms in total. The molecule has 0 aromatic carbocycles. The molecule has 0 amide bonds. The van der Waals surface area contributed by atoms with Crippen LogP contribution in [0.3, 0.4) is 0 Å². The molecule has 2 N–H and O–H groups in total. The van der Waals surface area contributed by atoms with E-state index in [1.165, 1.54) is 38.2 Å². The molecule has 1 fully saturated rings. The first-order valence-corrected chi connectivity index (χ1v) is 9.26. The van der Waals surface area contributed by atoms with Gasteiger partial charge in [0.2, 0.25) is 0 Å². The van der Waals surface area contributed by atoms with Gasteiger partial charge >= 0.3 is 0 Å². The summed E-state index contributed by atoms with van der Waals surface area (Å²) < 4.78 is 2.07. The van der Waals surface area contributed by atoms with E-state index in [0.29, 0.717) is 5.92 Å². The van der Waals surface area contributed by atoms with Gasteiger partial charge in [-0.3, -0.25) is 9.67 Å². The van der Waals surface area contributed by atoms with Gasteiger partial charge in [-0.15, -0.1) is 24.0 Å². The van der Waals surface area contributed by atoms with Crippen molar-refractivity contribution in [2.75, 3.05) is 39.8 Å². The van der Waals surface area contributed by atoms with Crippen LogP contribution in [0.15, 0.2) is 11.1 Å². The van der Waals surface area contributed by atoms with Gasteiger partial charge < -0.3 is 15.5 Å². The smallest absolute Gasteiger partial charge is 0.190 e. The van der Waals surface area contributed by atoms with E-state index in [1.54, 1.807) is 0 Å². The van der Waals surface area contributed by atoms with Crippen LogP contribution in [0.25, 0.3) is 0 Å². The van der Waals surface area contributed by atoms with Crippen molar-refractivity contribution in [2.24, 2.45) is 10.9 Å². The first-order valence-electron chi connectivity index (χ1n) is 9.26. The van der Waals surface area contributed by atoms with E-state index in [-0.39, 0.29) is 24.0 Å². The van der Waals surface area contributed by atoms with Gasteiger partial charge in [0.15, 0.2) is 5.96 Å². The van der Waals surface area contributed by atoms with Crippen LogP contribution < -0.4 is 10.6 Å². The standard InChI is InChI=1S/C18H34N6.HI/c1-15(14-23-9-5-6-10-23)13-21-18(19-4)20-8-7-11-24-17(3)12-16(2)22-24;/h12,15H,5-11,13-14H2,1-4H3,(H2,19,20,21);1H.